The number of nitrogens with zero attached hydrogens (tertiary/aromatic N) is 1. The highest BCUT2D eigenvalue weighted by molar-refractivity contribution is 5.76. The monoisotopic (exact) mass is 234 g/mol. The zero-order chi connectivity index (χ0) is 12.1. The third-order valence-corrected chi connectivity index (χ3v) is 2.72. The zero-order valence-electron chi connectivity index (χ0n) is 9.53. The number of carbonyl (C=O) groups is 1. The van der Waals surface area contributed by atoms with Crippen LogP contribution in [-0.2, 0) is 0 Å². The van der Waals surface area contributed by atoms with Crippen molar-refractivity contribution in [3.63, 3.8) is 0 Å². The predicted molar refractivity (Wildman–Crippen MR) is 64.8 cm³/mol. The summed E-state index contributed by atoms with van der Waals surface area (Å²) in [6.45, 7) is 1.64. The van der Waals surface area contributed by atoms with Crippen LogP contribution in [0.2, 0.25) is 0 Å². The molecule has 1 aromatic rings. The molecule has 1 saturated heterocycles. The average Bonchev–Trinajstić information content (AvgIpc) is 2.82. The quantitative estimate of drug-likeness (QED) is 0.838. The molecule has 0 saturated carbocycles. The molecular weight excluding hydrogens is 219 g/mol. The Hall–Kier alpha value is -1.84. The van der Waals surface area contributed by atoms with E-state index in [4.69, 9.17) is 0 Å². The molecule has 1 aliphatic rings. The van der Waals surface area contributed by atoms with Crippen LogP contribution in [0.25, 0.3) is 6.08 Å². The fourth-order valence-electron chi connectivity index (χ4n) is 1.83. The average molecular weight is 234 g/mol. The van der Waals surface area contributed by atoms with E-state index in [1.807, 2.05) is 0 Å². The number of hydrogen-bond acceptors (Lipinski definition) is 1. The van der Waals surface area contributed by atoms with E-state index in [0.29, 0.717) is 0 Å². The highest BCUT2D eigenvalue weighted by Gasteiger charge is 2.16. The maximum Gasteiger partial charge on any atom is 0.321 e. The van der Waals surface area contributed by atoms with Crippen molar-refractivity contribution in [3.8, 4) is 0 Å². The molecule has 17 heavy (non-hydrogen) atoms. The van der Waals surface area contributed by atoms with E-state index in [-0.39, 0.29) is 11.8 Å². The minimum atomic E-state index is -0.280. The molecule has 1 aliphatic heterocycles. The van der Waals surface area contributed by atoms with Crippen LogP contribution in [-0.4, -0.2) is 24.0 Å². The Bertz CT molecular complexity index is 425. The molecule has 0 radical (unpaired) electrons. The topological polar surface area (TPSA) is 32.3 Å². The molecule has 0 bridgehead atoms. The van der Waals surface area contributed by atoms with Gasteiger partial charge in [-0.3, -0.25) is 0 Å². The summed E-state index contributed by atoms with van der Waals surface area (Å²) in [7, 11) is 0. The fourth-order valence-corrected chi connectivity index (χ4v) is 1.83. The molecule has 2 amide bonds. The van der Waals surface area contributed by atoms with Gasteiger partial charge >= 0.3 is 6.03 Å². The van der Waals surface area contributed by atoms with Crippen LogP contribution in [0.15, 0.2) is 30.5 Å². The number of rotatable bonds is 2. The number of amides is 2. The molecule has 0 aliphatic carbocycles. The summed E-state index contributed by atoms with van der Waals surface area (Å²) >= 11 is 0. The van der Waals surface area contributed by atoms with Crippen LogP contribution in [0.1, 0.15) is 18.4 Å². The van der Waals surface area contributed by atoms with Gasteiger partial charge in [-0.25, -0.2) is 9.18 Å². The molecule has 1 heterocycles. The minimum absolute atomic E-state index is 0.0878. The number of benzene rings is 1. The largest absolute Gasteiger partial charge is 0.325 e. The highest BCUT2D eigenvalue weighted by atomic mass is 19.1. The van der Waals surface area contributed by atoms with Gasteiger partial charge in [0.1, 0.15) is 5.82 Å². The first kappa shape index (κ1) is 11.6. The second-order valence-electron chi connectivity index (χ2n) is 4.03. The molecule has 1 aromatic carbocycles. The summed E-state index contributed by atoms with van der Waals surface area (Å²) in [6.07, 6.45) is 5.37. The van der Waals surface area contributed by atoms with E-state index < -0.39 is 0 Å². The number of hydrogen-bond donors (Lipinski definition) is 1. The fraction of sp³-hybridized carbons (Fsp3) is 0.308. The van der Waals surface area contributed by atoms with Crippen LogP contribution >= 0.6 is 0 Å². The Morgan fingerprint density at radius 1 is 1.35 bits per heavy atom. The molecule has 90 valence electrons. The maximum absolute atomic E-state index is 12.9. The molecule has 0 aromatic heterocycles. The summed E-state index contributed by atoms with van der Waals surface area (Å²) in [5.41, 5.74) is 0.728. The van der Waals surface area contributed by atoms with Crippen molar-refractivity contribution in [1.29, 1.82) is 0 Å². The number of urea groups is 1. The molecule has 2 rings (SSSR count). The highest BCUT2D eigenvalue weighted by Crippen LogP contribution is 2.07. The van der Waals surface area contributed by atoms with Crippen molar-refractivity contribution < 1.29 is 9.18 Å². The Labute approximate surface area is 99.9 Å². The van der Waals surface area contributed by atoms with Crippen molar-refractivity contribution in [2.75, 3.05) is 13.1 Å². The predicted octanol–water partition coefficient (Wildman–Crippen LogP) is 2.60. The summed E-state index contributed by atoms with van der Waals surface area (Å²) in [5.74, 6) is -0.280. The van der Waals surface area contributed by atoms with Crippen molar-refractivity contribution in [1.82, 2.24) is 10.2 Å². The van der Waals surface area contributed by atoms with Gasteiger partial charge in [-0.05, 0) is 36.6 Å². The van der Waals surface area contributed by atoms with Gasteiger partial charge in [0, 0.05) is 19.3 Å². The second kappa shape index (κ2) is 5.48. The summed E-state index contributed by atoms with van der Waals surface area (Å²) in [4.78, 5) is 13.4. The number of carbonyl (C=O) groups excluding carboxylic acids is 1. The van der Waals surface area contributed by atoms with E-state index >= 15 is 0 Å². The summed E-state index contributed by atoms with van der Waals surface area (Å²) < 4.78 is 12.9. The molecular formula is C13H15FN2O. The number of likely N-dealkylation sites (tertiary alicyclic amines) is 1. The molecule has 1 N–H and O–H groups in total. The normalized spacial score (nSPS) is 15.5. The molecule has 0 spiro atoms. The first-order valence-corrected chi connectivity index (χ1v) is 5.73. The first-order chi connectivity index (χ1) is 8.25. The maximum atomic E-state index is 12.9. The van der Waals surface area contributed by atoms with E-state index in [1.54, 1.807) is 29.3 Å². The van der Waals surface area contributed by atoms with Gasteiger partial charge in [-0.2, -0.15) is 0 Å². The standard InChI is InChI=1S/C13H15FN2O/c14-12-5-3-4-11(10-12)6-7-15-13(17)16-8-1-2-9-16/h3-7,10H,1-2,8-9H2,(H,15,17)/b7-6+. The molecule has 1 fully saturated rings. The van der Waals surface area contributed by atoms with Gasteiger partial charge in [-0.1, -0.05) is 12.1 Å². The van der Waals surface area contributed by atoms with Crippen molar-refractivity contribution in [3.05, 3.63) is 41.8 Å². The van der Waals surface area contributed by atoms with Crippen molar-refractivity contribution >= 4 is 12.1 Å². The lowest BCUT2D eigenvalue weighted by molar-refractivity contribution is 0.212. The molecule has 4 heteroatoms. The zero-order valence-corrected chi connectivity index (χ0v) is 9.53. The van der Waals surface area contributed by atoms with Crippen LogP contribution in [0.4, 0.5) is 9.18 Å². The third-order valence-electron chi connectivity index (χ3n) is 2.72. The Morgan fingerprint density at radius 3 is 2.82 bits per heavy atom. The lowest BCUT2D eigenvalue weighted by atomic mass is 10.2. The van der Waals surface area contributed by atoms with Crippen LogP contribution in [0.5, 0.6) is 0 Å². The van der Waals surface area contributed by atoms with Gasteiger partial charge in [0.25, 0.3) is 0 Å². The van der Waals surface area contributed by atoms with Gasteiger partial charge < -0.3 is 10.2 Å². The Balaban J connectivity index is 1.86. The van der Waals surface area contributed by atoms with E-state index in [2.05, 4.69) is 5.32 Å². The van der Waals surface area contributed by atoms with Gasteiger partial charge in [-0.15, -0.1) is 0 Å². The smallest absolute Gasteiger partial charge is 0.321 e. The van der Waals surface area contributed by atoms with Crippen molar-refractivity contribution in [2.45, 2.75) is 12.8 Å². The second-order valence-corrected chi connectivity index (χ2v) is 4.03. The molecule has 0 atom stereocenters. The Morgan fingerprint density at radius 2 is 2.12 bits per heavy atom. The van der Waals surface area contributed by atoms with Crippen LogP contribution < -0.4 is 5.32 Å². The summed E-state index contributed by atoms with van der Waals surface area (Å²) in [5, 5.41) is 2.68. The molecule has 3 nitrogen and oxygen atoms in total. The minimum Gasteiger partial charge on any atom is -0.325 e. The van der Waals surface area contributed by atoms with Gasteiger partial charge in [0.2, 0.25) is 0 Å². The SMILES string of the molecule is O=C(N/C=C/c1cccc(F)c1)N1CCCC1. The van der Waals surface area contributed by atoms with Crippen LogP contribution in [0, 0.1) is 5.82 Å². The Kier molecular flexibility index (Phi) is 3.75. The number of halogens is 1. The molecule has 0 unspecified atom stereocenters. The lowest BCUT2D eigenvalue weighted by Crippen LogP contribution is -2.34. The third kappa shape index (κ3) is 3.31. The van der Waals surface area contributed by atoms with Gasteiger partial charge in [0.15, 0.2) is 0 Å². The van der Waals surface area contributed by atoms with E-state index in [1.165, 1.54) is 12.1 Å². The van der Waals surface area contributed by atoms with Crippen molar-refractivity contribution in [2.24, 2.45) is 0 Å². The summed E-state index contributed by atoms with van der Waals surface area (Å²) in [6, 6.07) is 6.13. The van der Waals surface area contributed by atoms with Crippen LogP contribution in [0.3, 0.4) is 0 Å². The number of nitrogens with one attached hydrogen (secondary N) is 1. The lowest BCUT2D eigenvalue weighted by Gasteiger charge is -2.13. The first-order valence-electron chi connectivity index (χ1n) is 5.73. The van der Waals surface area contributed by atoms with E-state index in [9.17, 15) is 9.18 Å². The van der Waals surface area contributed by atoms with E-state index in [0.717, 1.165) is 31.5 Å². The van der Waals surface area contributed by atoms with Gasteiger partial charge in [0.05, 0.1) is 0 Å².